The predicted molar refractivity (Wildman–Crippen MR) is 73.4 cm³/mol. The third-order valence-corrected chi connectivity index (χ3v) is 2.90. The number of aromatic nitrogens is 2. The summed E-state index contributed by atoms with van der Waals surface area (Å²) in [5.41, 5.74) is 0.937. The number of anilines is 1. The van der Waals surface area contributed by atoms with Crippen LogP contribution in [0.25, 0.3) is 0 Å². The second-order valence-electron chi connectivity index (χ2n) is 5.28. The van der Waals surface area contributed by atoms with E-state index in [0.717, 1.165) is 18.7 Å². The van der Waals surface area contributed by atoms with Crippen molar-refractivity contribution >= 4 is 11.6 Å². The highest BCUT2D eigenvalue weighted by Gasteiger charge is 2.17. The van der Waals surface area contributed by atoms with Crippen molar-refractivity contribution in [1.82, 2.24) is 15.1 Å². The maximum absolute atomic E-state index is 11.2. The van der Waals surface area contributed by atoms with Gasteiger partial charge in [0.25, 0.3) is 0 Å². The van der Waals surface area contributed by atoms with Gasteiger partial charge in [0.05, 0.1) is 18.0 Å². The molecule has 0 spiro atoms. The molecule has 0 saturated heterocycles. The van der Waals surface area contributed by atoms with Crippen LogP contribution in [0.4, 0.5) is 5.69 Å². The molecular weight excluding hydrogens is 242 g/mol. The Morgan fingerprint density at radius 1 is 1.58 bits per heavy atom. The number of nitriles is 1. The van der Waals surface area contributed by atoms with Crippen LogP contribution in [0, 0.1) is 16.7 Å². The van der Waals surface area contributed by atoms with Gasteiger partial charge in [-0.1, -0.05) is 13.8 Å². The van der Waals surface area contributed by atoms with Crippen LogP contribution < -0.4 is 10.6 Å². The van der Waals surface area contributed by atoms with Crippen molar-refractivity contribution in [2.24, 2.45) is 5.41 Å². The summed E-state index contributed by atoms with van der Waals surface area (Å²) in [6, 6.07) is 2.17. The van der Waals surface area contributed by atoms with Crippen molar-refractivity contribution in [3.05, 3.63) is 12.4 Å². The Kier molecular flexibility index (Phi) is 5.37. The minimum Gasteiger partial charge on any atom is -0.382 e. The minimum absolute atomic E-state index is 0.0542. The van der Waals surface area contributed by atoms with Crippen molar-refractivity contribution in [1.29, 1.82) is 5.26 Å². The highest BCUT2D eigenvalue weighted by molar-refractivity contribution is 5.75. The molecule has 1 amide bonds. The van der Waals surface area contributed by atoms with Gasteiger partial charge >= 0.3 is 0 Å². The van der Waals surface area contributed by atoms with E-state index in [9.17, 15) is 4.79 Å². The Morgan fingerprint density at radius 2 is 2.32 bits per heavy atom. The molecule has 19 heavy (non-hydrogen) atoms. The second-order valence-corrected chi connectivity index (χ2v) is 5.28. The number of carbonyl (C=O) groups excluding carboxylic acids is 1. The summed E-state index contributed by atoms with van der Waals surface area (Å²) >= 11 is 0. The van der Waals surface area contributed by atoms with Crippen LogP contribution >= 0.6 is 0 Å². The molecule has 0 atom stereocenters. The molecule has 6 nitrogen and oxygen atoms in total. The Labute approximate surface area is 113 Å². The van der Waals surface area contributed by atoms with Gasteiger partial charge in [-0.3, -0.25) is 9.48 Å². The van der Waals surface area contributed by atoms with Crippen molar-refractivity contribution < 1.29 is 4.79 Å². The number of hydrogen-bond donors (Lipinski definition) is 2. The smallest absolute Gasteiger partial charge is 0.241 e. The number of hydrogen-bond acceptors (Lipinski definition) is 4. The summed E-state index contributed by atoms with van der Waals surface area (Å²) < 4.78 is 1.59. The van der Waals surface area contributed by atoms with Crippen LogP contribution in [0.2, 0.25) is 0 Å². The second kappa shape index (κ2) is 6.78. The highest BCUT2D eigenvalue weighted by Crippen LogP contribution is 2.22. The zero-order valence-electron chi connectivity index (χ0n) is 11.7. The summed E-state index contributed by atoms with van der Waals surface area (Å²) in [5.74, 6) is -0.0796. The first kappa shape index (κ1) is 15.0. The lowest BCUT2D eigenvalue weighted by atomic mass is 9.88. The zero-order valence-corrected chi connectivity index (χ0v) is 11.7. The van der Waals surface area contributed by atoms with E-state index in [1.165, 1.54) is 0 Å². The first-order valence-electron chi connectivity index (χ1n) is 6.31. The van der Waals surface area contributed by atoms with Crippen molar-refractivity contribution in [2.75, 3.05) is 18.9 Å². The van der Waals surface area contributed by atoms with E-state index in [0.29, 0.717) is 6.42 Å². The predicted octanol–water partition coefficient (Wildman–Crippen LogP) is 1.37. The van der Waals surface area contributed by atoms with Crippen LogP contribution in [-0.4, -0.2) is 29.3 Å². The maximum atomic E-state index is 11.2. The first-order valence-corrected chi connectivity index (χ1v) is 6.31. The normalized spacial score (nSPS) is 10.8. The van der Waals surface area contributed by atoms with Crippen molar-refractivity contribution in [3.63, 3.8) is 0 Å². The molecule has 0 bridgehead atoms. The molecule has 1 aromatic heterocycles. The molecule has 0 fully saturated rings. The van der Waals surface area contributed by atoms with E-state index in [2.05, 4.69) is 35.6 Å². The quantitative estimate of drug-likeness (QED) is 0.778. The van der Waals surface area contributed by atoms with Gasteiger partial charge in [0.2, 0.25) is 5.91 Å². The molecule has 104 valence electrons. The molecule has 0 aliphatic carbocycles. The summed E-state index contributed by atoms with van der Waals surface area (Å²) in [5, 5.41) is 18.5. The Balaban J connectivity index is 2.46. The fourth-order valence-electron chi connectivity index (χ4n) is 1.59. The van der Waals surface area contributed by atoms with Gasteiger partial charge in [-0.05, 0) is 11.8 Å². The standard InChI is InChI=1S/C13H21N5O/c1-13(2,5-4-6-14)10-16-11-7-17-18(8-11)9-12(19)15-3/h7-8,16H,4-5,9-10H2,1-3H3,(H,15,19). The van der Waals surface area contributed by atoms with Crippen LogP contribution in [0.3, 0.4) is 0 Å². The lowest BCUT2D eigenvalue weighted by Gasteiger charge is -2.23. The van der Waals surface area contributed by atoms with Crippen LogP contribution in [0.5, 0.6) is 0 Å². The molecule has 0 aliphatic rings. The van der Waals surface area contributed by atoms with Gasteiger partial charge in [0, 0.05) is 26.2 Å². The van der Waals surface area contributed by atoms with Crippen LogP contribution in [0.1, 0.15) is 26.7 Å². The summed E-state index contributed by atoms with van der Waals surface area (Å²) in [6.07, 6.45) is 4.91. The highest BCUT2D eigenvalue weighted by atomic mass is 16.1. The molecule has 1 rings (SSSR count). The number of nitrogens with zero attached hydrogens (tertiary/aromatic N) is 3. The topological polar surface area (TPSA) is 82.7 Å². The van der Waals surface area contributed by atoms with E-state index < -0.39 is 0 Å². The van der Waals surface area contributed by atoms with Gasteiger partial charge in [0.15, 0.2) is 0 Å². The third-order valence-electron chi connectivity index (χ3n) is 2.90. The van der Waals surface area contributed by atoms with Gasteiger partial charge in [-0.2, -0.15) is 10.4 Å². The minimum atomic E-state index is -0.0796. The zero-order chi connectivity index (χ0) is 14.3. The SMILES string of the molecule is CNC(=O)Cn1cc(NCC(C)(C)CCC#N)cn1. The molecule has 2 N–H and O–H groups in total. The molecule has 1 aromatic rings. The molecule has 0 saturated carbocycles. The largest absolute Gasteiger partial charge is 0.382 e. The lowest BCUT2D eigenvalue weighted by molar-refractivity contribution is -0.121. The third kappa shape index (κ3) is 5.42. The molecule has 0 radical (unpaired) electrons. The number of likely N-dealkylation sites (N-methyl/N-ethyl adjacent to an activating group) is 1. The molecule has 0 aromatic carbocycles. The van der Waals surface area contributed by atoms with Gasteiger partial charge in [-0.25, -0.2) is 0 Å². The number of rotatable bonds is 7. The molecule has 6 heteroatoms. The van der Waals surface area contributed by atoms with Crippen molar-refractivity contribution in [3.8, 4) is 6.07 Å². The number of nitrogens with one attached hydrogen (secondary N) is 2. The Hall–Kier alpha value is -2.03. The van der Waals surface area contributed by atoms with E-state index >= 15 is 0 Å². The van der Waals surface area contributed by atoms with E-state index in [4.69, 9.17) is 5.26 Å². The maximum Gasteiger partial charge on any atom is 0.241 e. The summed E-state index contributed by atoms with van der Waals surface area (Å²) in [4.78, 5) is 11.2. The lowest BCUT2D eigenvalue weighted by Crippen LogP contribution is -2.24. The Bertz CT molecular complexity index is 458. The number of carbonyl (C=O) groups is 1. The van der Waals surface area contributed by atoms with E-state index in [1.54, 1.807) is 24.1 Å². The average molecular weight is 263 g/mol. The number of amides is 1. The van der Waals surface area contributed by atoms with E-state index in [1.807, 2.05) is 0 Å². The fourth-order valence-corrected chi connectivity index (χ4v) is 1.59. The fraction of sp³-hybridized carbons (Fsp3) is 0.615. The monoisotopic (exact) mass is 263 g/mol. The molecule has 1 heterocycles. The molecule has 0 aliphatic heterocycles. The first-order chi connectivity index (χ1) is 8.96. The van der Waals surface area contributed by atoms with E-state index in [-0.39, 0.29) is 17.9 Å². The van der Waals surface area contributed by atoms with Gasteiger partial charge < -0.3 is 10.6 Å². The molecular formula is C13H21N5O. The Morgan fingerprint density at radius 3 is 2.95 bits per heavy atom. The summed E-state index contributed by atoms with van der Waals surface area (Å²) in [7, 11) is 1.60. The van der Waals surface area contributed by atoms with Crippen LogP contribution in [0.15, 0.2) is 12.4 Å². The molecule has 0 unspecified atom stereocenters. The van der Waals surface area contributed by atoms with Gasteiger partial charge in [-0.15, -0.1) is 0 Å². The average Bonchev–Trinajstić information content (AvgIpc) is 2.82. The van der Waals surface area contributed by atoms with Gasteiger partial charge in [0.1, 0.15) is 6.54 Å². The van der Waals surface area contributed by atoms with Crippen molar-refractivity contribution in [2.45, 2.75) is 33.2 Å². The summed E-state index contributed by atoms with van der Waals surface area (Å²) in [6.45, 7) is 5.22. The van der Waals surface area contributed by atoms with Crippen LogP contribution in [-0.2, 0) is 11.3 Å².